The first-order valence-electron chi connectivity index (χ1n) is 22.9. The number of ether oxygens (including phenoxy) is 3. The van der Waals surface area contributed by atoms with Crippen molar-refractivity contribution >= 4 is 0 Å². The lowest BCUT2D eigenvalue weighted by Crippen LogP contribution is -2.01. The molecule has 0 heterocycles. The first-order chi connectivity index (χ1) is 33.6. The molecule has 0 fully saturated rings. The van der Waals surface area contributed by atoms with E-state index in [2.05, 4.69) is 97.3 Å². The van der Waals surface area contributed by atoms with Gasteiger partial charge in [0.15, 0.2) is 23.2 Å². The minimum atomic E-state index is -1.22. The molecule has 0 amide bonds. The third-order valence-corrected chi connectivity index (χ3v) is 9.97. The summed E-state index contributed by atoms with van der Waals surface area (Å²) in [6.45, 7) is 8.91. The number of hydrogen-bond donors (Lipinski definition) is 0. The Bertz CT molecular complexity index is 2810. The van der Waals surface area contributed by atoms with E-state index in [0.717, 1.165) is 59.6 Å². The highest BCUT2D eigenvalue weighted by molar-refractivity contribution is 5.50. The van der Waals surface area contributed by atoms with E-state index in [1.54, 1.807) is 26.2 Å². The fourth-order valence-electron chi connectivity index (χ4n) is 5.95. The van der Waals surface area contributed by atoms with Crippen LogP contribution in [0.1, 0.15) is 117 Å². The quantitative estimate of drug-likeness (QED) is 0.0656. The van der Waals surface area contributed by atoms with Crippen molar-refractivity contribution in [3.05, 3.63) is 195 Å². The molecule has 0 bridgehead atoms. The minimum Gasteiger partial charge on any atom is -0.497 e. The van der Waals surface area contributed by atoms with Crippen LogP contribution in [0.5, 0.6) is 17.2 Å². The molecule has 0 unspecified atom stereocenters. The molecule has 3 nitrogen and oxygen atoms in total. The first kappa shape index (κ1) is 53.8. The molecular weight excluding hydrogens is 876 g/mol. The Morgan fingerprint density at radius 2 is 0.855 bits per heavy atom. The fourth-order valence-corrected chi connectivity index (χ4v) is 5.95. The maximum absolute atomic E-state index is 14.1. The van der Waals surface area contributed by atoms with Gasteiger partial charge in [-0.3, -0.25) is 0 Å². The van der Waals surface area contributed by atoms with Gasteiger partial charge in [0.05, 0.1) is 37.0 Å². The predicted molar refractivity (Wildman–Crippen MR) is 267 cm³/mol. The van der Waals surface area contributed by atoms with E-state index in [4.69, 9.17) is 14.2 Å². The number of hydrogen-bond acceptors (Lipinski definition) is 3. The average Bonchev–Trinajstić information content (AvgIpc) is 3.38. The number of unbranched alkanes of at least 4 members (excludes halogenated alkanes) is 5. The number of halogens is 5. The van der Waals surface area contributed by atoms with Gasteiger partial charge in [0.1, 0.15) is 17.3 Å². The monoisotopic (exact) mass is 930 g/mol. The van der Waals surface area contributed by atoms with Crippen LogP contribution in [0.4, 0.5) is 22.0 Å². The van der Waals surface area contributed by atoms with Crippen LogP contribution in [-0.2, 0) is 6.42 Å². The van der Waals surface area contributed by atoms with Crippen molar-refractivity contribution in [3.63, 3.8) is 0 Å². The molecule has 0 spiro atoms. The van der Waals surface area contributed by atoms with Gasteiger partial charge in [-0.15, -0.1) is 0 Å². The van der Waals surface area contributed by atoms with E-state index in [9.17, 15) is 22.0 Å². The number of methoxy groups -OCH3 is 1. The van der Waals surface area contributed by atoms with Crippen LogP contribution in [0.15, 0.2) is 121 Å². The summed E-state index contributed by atoms with van der Waals surface area (Å²) in [5.74, 6) is 23.2. The second-order valence-electron chi connectivity index (χ2n) is 15.2. The van der Waals surface area contributed by atoms with Crippen molar-refractivity contribution in [1.82, 2.24) is 0 Å². The van der Waals surface area contributed by atoms with E-state index in [1.807, 2.05) is 55.5 Å². The zero-order chi connectivity index (χ0) is 49.6. The Morgan fingerprint density at radius 1 is 0.406 bits per heavy atom. The summed E-state index contributed by atoms with van der Waals surface area (Å²) in [6, 6.07) is 35.1. The Hall–Kier alpha value is -7.83. The lowest BCUT2D eigenvalue weighted by Gasteiger charge is -2.07. The van der Waals surface area contributed by atoms with Crippen LogP contribution in [-0.4, -0.2) is 20.3 Å². The fraction of sp³-hybridized carbons (Fsp3) is 0.246. The van der Waals surface area contributed by atoms with Crippen molar-refractivity contribution in [2.24, 2.45) is 0 Å². The van der Waals surface area contributed by atoms with Crippen molar-refractivity contribution in [2.75, 3.05) is 20.3 Å². The molecule has 0 N–H and O–H groups in total. The van der Waals surface area contributed by atoms with E-state index >= 15 is 0 Å². The van der Waals surface area contributed by atoms with Crippen LogP contribution in [0.2, 0.25) is 0 Å². The van der Waals surface area contributed by atoms with Gasteiger partial charge in [-0.2, -0.15) is 4.39 Å². The van der Waals surface area contributed by atoms with Gasteiger partial charge in [0, 0.05) is 22.3 Å². The van der Waals surface area contributed by atoms with Gasteiger partial charge in [-0.05, 0) is 159 Å². The zero-order valence-electron chi connectivity index (χ0n) is 39.7. The topological polar surface area (TPSA) is 27.7 Å². The molecule has 0 saturated heterocycles. The van der Waals surface area contributed by atoms with Crippen LogP contribution in [0.3, 0.4) is 0 Å². The lowest BCUT2D eigenvalue weighted by atomic mass is 10.1. The largest absolute Gasteiger partial charge is 0.497 e. The maximum Gasteiger partial charge on any atom is 0.201 e. The molecule has 0 saturated carbocycles. The molecule has 6 rings (SSSR count). The molecule has 8 heteroatoms. The molecule has 6 aromatic rings. The van der Waals surface area contributed by atoms with Crippen molar-refractivity contribution in [3.8, 4) is 76.5 Å². The molecule has 0 aliphatic carbocycles. The second-order valence-corrected chi connectivity index (χ2v) is 15.2. The van der Waals surface area contributed by atoms with Crippen molar-refractivity contribution in [2.45, 2.75) is 79.1 Å². The van der Waals surface area contributed by atoms with E-state index in [1.165, 1.54) is 67.6 Å². The number of aryl methyl sites for hydroxylation is 1. The zero-order valence-corrected chi connectivity index (χ0v) is 39.7. The predicted octanol–water partition coefficient (Wildman–Crippen LogP) is 14.4. The minimum absolute atomic E-state index is 0.170. The van der Waals surface area contributed by atoms with Crippen LogP contribution >= 0.6 is 0 Å². The van der Waals surface area contributed by atoms with Gasteiger partial charge in [-0.25, -0.2) is 17.6 Å². The van der Waals surface area contributed by atoms with E-state index in [0.29, 0.717) is 6.42 Å². The van der Waals surface area contributed by atoms with Gasteiger partial charge in [-0.1, -0.05) is 106 Å². The summed E-state index contributed by atoms with van der Waals surface area (Å²) in [7, 11) is 1.66. The van der Waals surface area contributed by atoms with Gasteiger partial charge >= 0.3 is 0 Å². The summed E-state index contributed by atoms with van der Waals surface area (Å²) < 4.78 is 85.1. The summed E-state index contributed by atoms with van der Waals surface area (Å²) in [4.78, 5) is 0. The van der Waals surface area contributed by atoms with Crippen LogP contribution < -0.4 is 14.2 Å². The van der Waals surface area contributed by atoms with Crippen LogP contribution in [0.25, 0.3) is 0 Å². The molecule has 0 aliphatic heterocycles. The summed E-state index contributed by atoms with van der Waals surface area (Å²) in [5.41, 5.74) is 4.35. The molecule has 0 atom stereocenters. The third-order valence-electron chi connectivity index (χ3n) is 9.97. The molecule has 0 aromatic heterocycles. The molecule has 0 aliphatic rings. The third kappa shape index (κ3) is 19.1. The lowest BCUT2D eigenvalue weighted by molar-refractivity contribution is 0.288. The van der Waals surface area contributed by atoms with Gasteiger partial charge in [0.25, 0.3) is 0 Å². The smallest absolute Gasteiger partial charge is 0.201 e. The van der Waals surface area contributed by atoms with E-state index in [-0.39, 0.29) is 34.9 Å². The Morgan fingerprint density at radius 3 is 1.36 bits per heavy atom. The normalized spacial score (nSPS) is 9.59. The Labute approximate surface area is 405 Å². The summed E-state index contributed by atoms with van der Waals surface area (Å²) in [6.07, 6.45) is 8.82. The van der Waals surface area contributed by atoms with Gasteiger partial charge in [0.2, 0.25) is 5.82 Å². The van der Waals surface area contributed by atoms with Crippen molar-refractivity contribution in [1.29, 1.82) is 0 Å². The second kappa shape index (κ2) is 30.5. The van der Waals surface area contributed by atoms with Crippen LogP contribution in [0, 0.1) is 88.3 Å². The highest BCUT2D eigenvalue weighted by atomic mass is 19.2. The Kier molecular flexibility index (Phi) is 23.7. The Balaban J connectivity index is 0.000000231. The standard InChI is InChI=1S/C23H16F4O.C21H23FO.C17H16O/c1-3-5-7-8-16-9-10-17(21(25)20(16)24)11-12-18-13-14-19(23(27)22(18)26)28-15-6-4-2;1-2-3-4-5-6-17-23-21-15-11-19(12-16-21)8-7-18-9-13-20(22)14-10-18;1-3-14-4-6-15(7-5-14)8-9-16-10-12-17(18-2)13-11-16/h9-10,13-14H,4,6,15H2,1-2H3;9-16H,2-6,17H2,1H3;4-7,10-13H,3H2,1-2H3. The average molecular weight is 931 g/mol. The summed E-state index contributed by atoms with van der Waals surface area (Å²) >= 11 is 0. The molecule has 352 valence electrons. The highest BCUT2D eigenvalue weighted by Gasteiger charge is 2.15. The van der Waals surface area contributed by atoms with Crippen molar-refractivity contribution < 1.29 is 36.2 Å². The van der Waals surface area contributed by atoms with E-state index < -0.39 is 23.3 Å². The number of rotatable bonds is 13. The molecule has 0 radical (unpaired) electrons. The van der Waals surface area contributed by atoms with Gasteiger partial charge < -0.3 is 14.2 Å². The SMILES string of the molecule is CC#CC#Cc1ccc(C#Cc2ccc(OCCCC)c(F)c2F)c(F)c1F.CCCCCCCOc1ccc(C#Cc2ccc(F)cc2)cc1.CCc1ccc(C#Cc2ccc(OC)cc2)cc1. The summed E-state index contributed by atoms with van der Waals surface area (Å²) in [5, 5.41) is 0. The first-order valence-corrected chi connectivity index (χ1v) is 22.9. The number of benzene rings is 6. The molecular formula is C61H55F5O3. The molecule has 69 heavy (non-hydrogen) atoms. The molecule has 6 aromatic carbocycles. The maximum atomic E-state index is 14.1. The highest BCUT2D eigenvalue weighted by Crippen LogP contribution is 2.23.